The molecule has 1 fully saturated rings. The van der Waals surface area contributed by atoms with Crippen LogP contribution in [-0.4, -0.2) is 37.0 Å². The first-order chi connectivity index (χ1) is 12.9. The molecule has 1 aromatic heterocycles. The fraction of sp³-hybridized carbons (Fsp3) is 0.450. The van der Waals surface area contributed by atoms with E-state index in [0.29, 0.717) is 32.7 Å². The minimum absolute atomic E-state index is 0.180. The van der Waals surface area contributed by atoms with Crippen LogP contribution >= 0.6 is 0 Å². The van der Waals surface area contributed by atoms with Crippen LogP contribution in [0.2, 0.25) is 0 Å². The molecule has 1 aliphatic rings. The molecule has 0 amide bonds. The Bertz CT molecular complexity index is 940. The van der Waals surface area contributed by atoms with E-state index in [2.05, 4.69) is 6.07 Å². The van der Waals surface area contributed by atoms with E-state index in [4.69, 9.17) is 4.74 Å². The van der Waals surface area contributed by atoms with E-state index < -0.39 is 10.0 Å². The predicted molar refractivity (Wildman–Crippen MR) is 105 cm³/mol. The number of benzene rings is 1. The van der Waals surface area contributed by atoms with Gasteiger partial charge in [-0.1, -0.05) is 6.07 Å². The van der Waals surface area contributed by atoms with Gasteiger partial charge in [0.15, 0.2) is 0 Å². The van der Waals surface area contributed by atoms with E-state index in [0.717, 1.165) is 29.7 Å². The van der Waals surface area contributed by atoms with Crippen LogP contribution in [-0.2, 0) is 16.6 Å². The van der Waals surface area contributed by atoms with Gasteiger partial charge in [0, 0.05) is 31.9 Å². The monoisotopic (exact) mass is 390 g/mol. The molecule has 7 heteroatoms. The van der Waals surface area contributed by atoms with Crippen LogP contribution in [0, 0.1) is 13.8 Å². The topological polar surface area (TPSA) is 68.6 Å². The molecule has 0 bridgehead atoms. The van der Waals surface area contributed by atoms with Crippen LogP contribution in [0.3, 0.4) is 0 Å². The van der Waals surface area contributed by atoms with Crippen molar-refractivity contribution in [2.75, 3.05) is 19.7 Å². The summed E-state index contributed by atoms with van der Waals surface area (Å²) in [4.78, 5) is 12.3. The maximum atomic E-state index is 12.7. The average Bonchev–Trinajstić information content (AvgIpc) is 3.14. The average molecular weight is 391 g/mol. The van der Waals surface area contributed by atoms with Crippen molar-refractivity contribution < 1.29 is 13.2 Å². The van der Waals surface area contributed by atoms with E-state index >= 15 is 0 Å². The molecule has 1 saturated heterocycles. The van der Waals surface area contributed by atoms with Crippen LogP contribution in [0.5, 0.6) is 5.75 Å². The van der Waals surface area contributed by atoms with Crippen LogP contribution < -0.4 is 10.3 Å². The number of sulfonamides is 1. The second-order valence-electron chi connectivity index (χ2n) is 7.03. The number of ether oxygens (including phenoxy) is 1. The Hall–Kier alpha value is -2.12. The molecule has 0 atom stereocenters. The normalized spacial score (nSPS) is 15.2. The third-order valence-electron chi connectivity index (χ3n) is 4.67. The number of aryl methyl sites for hydroxylation is 3. The maximum Gasteiger partial charge on any atom is 0.250 e. The molecule has 146 valence electrons. The van der Waals surface area contributed by atoms with Crippen molar-refractivity contribution in [1.82, 2.24) is 8.87 Å². The van der Waals surface area contributed by atoms with E-state index in [1.54, 1.807) is 0 Å². The zero-order valence-electron chi connectivity index (χ0n) is 15.8. The molecule has 0 spiro atoms. The van der Waals surface area contributed by atoms with Gasteiger partial charge in [0.2, 0.25) is 10.0 Å². The Morgan fingerprint density at radius 2 is 1.70 bits per heavy atom. The third-order valence-corrected chi connectivity index (χ3v) is 6.55. The second-order valence-corrected chi connectivity index (χ2v) is 8.97. The van der Waals surface area contributed by atoms with E-state index in [-0.39, 0.29) is 10.5 Å². The van der Waals surface area contributed by atoms with Gasteiger partial charge in [-0.05, 0) is 62.4 Å². The lowest BCUT2D eigenvalue weighted by Gasteiger charge is -2.16. The molecule has 1 aromatic carbocycles. The Labute approximate surface area is 160 Å². The zero-order chi connectivity index (χ0) is 19.4. The molecular formula is C20H26N2O4S. The number of rotatable bonds is 7. The first kappa shape index (κ1) is 19.6. The highest BCUT2D eigenvalue weighted by Gasteiger charge is 2.27. The lowest BCUT2D eigenvalue weighted by atomic mass is 10.1. The van der Waals surface area contributed by atoms with E-state index in [1.165, 1.54) is 27.2 Å². The highest BCUT2D eigenvalue weighted by atomic mass is 32.2. The van der Waals surface area contributed by atoms with Crippen molar-refractivity contribution in [2.24, 2.45) is 0 Å². The van der Waals surface area contributed by atoms with E-state index in [9.17, 15) is 13.2 Å². The van der Waals surface area contributed by atoms with Gasteiger partial charge in [-0.2, -0.15) is 4.31 Å². The molecule has 2 aromatic rings. The molecule has 27 heavy (non-hydrogen) atoms. The summed E-state index contributed by atoms with van der Waals surface area (Å²) in [6.07, 6.45) is 3.83. The first-order valence-electron chi connectivity index (χ1n) is 9.28. The van der Waals surface area contributed by atoms with Crippen LogP contribution in [0.1, 0.15) is 30.4 Å². The summed E-state index contributed by atoms with van der Waals surface area (Å²) in [5.74, 6) is 0.810. The number of hydrogen-bond donors (Lipinski definition) is 0. The van der Waals surface area contributed by atoms with Gasteiger partial charge in [-0.25, -0.2) is 8.42 Å². The predicted octanol–water partition coefficient (Wildman–Crippen LogP) is 2.72. The second kappa shape index (κ2) is 8.27. The molecule has 3 rings (SSSR count). The molecule has 6 nitrogen and oxygen atoms in total. The minimum atomic E-state index is -3.52. The molecule has 0 saturated carbocycles. The molecule has 1 aliphatic heterocycles. The maximum absolute atomic E-state index is 12.7. The lowest BCUT2D eigenvalue weighted by molar-refractivity contribution is 0.300. The molecule has 0 unspecified atom stereocenters. The third kappa shape index (κ3) is 4.78. The summed E-state index contributed by atoms with van der Waals surface area (Å²) in [7, 11) is -3.52. The van der Waals surface area contributed by atoms with Gasteiger partial charge in [0.25, 0.3) is 5.56 Å². The van der Waals surface area contributed by atoms with E-state index in [1.807, 2.05) is 26.0 Å². The quantitative estimate of drug-likeness (QED) is 0.682. The van der Waals surface area contributed by atoms with Crippen LogP contribution in [0.15, 0.2) is 46.2 Å². The Balaban J connectivity index is 1.64. The fourth-order valence-corrected chi connectivity index (χ4v) is 4.89. The summed E-state index contributed by atoms with van der Waals surface area (Å²) in [6.45, 7) is 6.00. The summed E-state index contributed by atoms with van der Waals surface area (Å²) >= 11 is 0. The Morgan fingerprint density at radius 1 is 1.04 bits per heavy atom. The highest BCUT2D eigenvalue weighted by molar-refractivity contribution is 7.89. The smallest absolute Gasteiger partial charge is 0.250 e. The van der Waals surface area contributed by atoms with Gasteiger partial charge >= 0.3 is 0 Å². The highest BCUT2D eigenvalue weighted by Crippen LogP contribution is 2.20. The van der Waals surface area contributed by atoms with Crippen molar-refractivity contribution in [3.8, 4) is 5.75 Å². The lowest BCUT2D eigenvalue weighted by Crippen LogP contribution is -2.29. The molecule has 0 N–H and O–H groups in total. The van der Waals surface area contributed by atoms with Crippen molar-refractivity contribution in [2.45, 2.75) is 44.6 Å². The van der Waals surface area contributed by atoms with Crippen LogP contribution in [0.4, 0.5) is 0 Å². The van der Waals surface area contributed by atoms with Gasteiger partial charge in [0.1, 0.15) is 5.75 Å². The van der Waals surface area contributed by atoms with Gasteiger partial charge < -0.3 is 9.30 Å². The molecule has 0 radical (unpaired) electrons. The van der Waals surface area contributed by atoms with Gasteiger partial charge in [-0.15, -0.1) is 0 Å². The Kier molecular flexibility index (Phi) is 6.01. The van der Waals surface area contributed by atoms with Gasteiger partial charge in [-0.3, -0.25) is 4.79 Å². The van der Waals surface area contributed by atoms with Crippen molar-refractivity contribution in [1.29, 1.82) is 0 Å². The van der Waals surface area contributed by atoms with Crippen LogP contribution in [0.25, 0.3) is 0 Å². The first-order valence-corrected chi connectivity index (χ1v) is 10.7. The van der Waals surface area contributed by atoms with Gasteiger partial charge in [0.05, 0.1) is 11.5 Å². The minimum Gasteiger partial charge on any atom is -0.494 e. The standard InChI is InChI=1S/C20H26N2O4S/c1-16-12-17(2)14-18(13-16)26-11-5-8-21-15-19(6-7-20(21)23)27(24,25)22-9-3-4-10-22/h6-7,12-15H,3-5,8-11H2,1-2H3. The molecular weight excluding hydrogens is 364 g/mol. The summed E-state index contributed by atoms with van der Waals surface area (Å²) in [6, 6.07) is 8.76. The van der Waals surface area contributed by atoms with Crippen molar-refractivity contribution in [3.63, 3.8) is 0 Å². The number of nitrogens with zero attached hydrogens (tertiary/aromatic N) is 2. The number of hydrogen-bond acceptors (Lipinski definition) is 4. The SMILES string of the molecule is Cc1cc(C)cc(OCCCn2cc(S(=O)(=O)N3CCCC3)ccc2=O)c1. The van der Waals surface area contributed by atoms with Crippen molar-refractivity contribution in [3.05, 3.63) is 58.0 Å². The summed E-state index contributed by atoms with van der Waals surface area (Å²) < 4.78 is 34.0. The number of pyridine rings is 1. The van der Waals surface area contributed by atoms with Crippen molar-refractivity contribution >= 4 is 10.0 Å². The fourth-order valence-electron chi connectivity index (χ4n) is 3.36. The molecule has 2 heterocycles. The largest absolute Gasteiger partial charge is 0.494 e. The summed E-state index contributed by atoms with van der Waals surface area (Å²) in [5, 5.41) is 0. The summed E-state index contributed by atoms with van der Waals surface area (Å²) in [5.41, 5.74) is 2.07. The molecule has 0 aliphatic carbocycles. The Morgan fingerprint density at radius 3 is 2.37 bits per heavy atom. The zero-order valence-corrected chi connectivity index (χ0v) is 16.7. The number of aromatic nitrogens is 1.